The smallest absolute Gasteiger partial charge is 0.307 e. The predicted molar refractivity (Wildman–Crippen MR) is 107 cm³/mol. The highest BCUT2D eigenvalue weighted by atomic mass is 32.1. The number of nitrogens with zero attached hydrogens (tertiary/aromatic N) is 2. The Labute approximate surface area is 164 Å². The monoisotopic (exact) mass is 396 g/mol. The number of ether oxygens (including phenoxy) is 1. The van der Waals surface area contributed by atoms with Crippen LogP contribution in [0.2, 0.25) is 0 Å². The molecule has 0 aliphatic heterocycles. The van der Waals surface area contributed by atoms with Crippen molar-refractivity contribution in [3.05, 3.63) is 74.1 Å². The van der Waals surface area contributed by atoms with Gasteiger partial charge in [0.15, 0.2) is 0 Å². The summed E-state index contributed by atoms with van der Waals surface area (Å²) >= 11 is 1.39. The van der Waals surface area contributed by atoms with Crippen molar-refractivity contribution >= 4 is 35.1 Å². The average molecular weight is 396 g/mol. The number of hydrogen-bond donors (Lipinski definition) is 1. The van der Waals surface area contributed by atoms with Crippen molar-refractivity contribution in [2.24, 2.45) is 0 Å². The third kappa shape index (κ3) is 4.41. The molecular formula is C20H16N2O5S. The fraction of sp³-hybridized carbons (Fsp3) is 0.100. The van der Waals surface area contributed by atoms with Crippen LogP contribution in [0.25, 0.3) is 23.4 Å². The molecule has 8 heteroatoms. The Morgan fingerprint density at radius 1 is 1.29 bits per heavy atom. The van der Waals surface area contributed by atoms with Gasteiger partial charge in [-0.2, -0.15) is 0 Å². The first-order chi connectivity index (χ1) is 13.5. The molecule has 0 amide bonds. The maximum atomic E-state index is 11.1. The summed E-state index contributed by atoms with van der Waals surface area (Å²) in [4.78, 5) is 26.2. The number of carbonyl (C=O) groups is 1. The third-order valence-corrected chi connectivity index (χ3v) is 4.79. The van der Waals surface area contributed by atoms with Gasteiger partial charge in [-0.25, -0.2) is 4.98 Å². The molecule has 142 valence electrons. The van der Waals surface area contributed by atoms with Gasteiger partial charge in [0.25, 0.3) is 5.69 Å². The van der Waals surface area contributed by atoms with E-state index in [4.69, 9.17) is 9.84 Å². The van der Waals surface area contributed by atoms with E-state index in [0.29, 0.717) is 27.6 Å². The van der Waals surface area contributed by atoms with Crippen molar-refractivity contribution in [3.63, 3.8) is 0 Å². The second-order valence-corrected chi connectivity index (χ2v) is 6.71. The number of benzene rings is 2. The third-order valence-electron chi connectivity index (χ3n) is 3.98. The minimum atomic E-state index is -0.943. The summed E-state index contributed by atoms with van der Waals surface area (Å²) in [5, 5.41) is 22.7. The molecule has 3 rings (SSSR count). The molecule has 3 aromatic rings. The molecule has 1 heterocycles. The molecule has 2 aromatic carbocycles. The lowest BCUT2D eigenvalue weighted by molar-refractivity contribution is -0.385. The Morgan fingerprint density at radius 3 is 2.79 bits per heavy atom. The van der Waals surface area contributed by atoms with E-state index in [1.54, 1.807) is 42.5 Å². The molecule has 0 aliphatic carbocycles. The van der Waals surface area contributed by atoms with Gasteiger partial charge in [-0.1, -0.05) is 12.1 Å². The van der Waals surface area contributed by atoms with Gasteiger partial charge in [0, 0.05) is 22.6 Å². The van der Waals surface area contributed by atoms with Crippen LogP contribution in [0.1, 0.15) is 16.1 Å². The second kappa shape index (κ2) is 8.45. The maximum absolute atomic E-state index is 11.1. The number of methoxy groups -OCH3 is 1. The van der Waals surface area contributed by atoms with Crippen LogP contribution in [-0.4, -0.2) is 28.1 Å². The van der Waals surface area contributed by atoms with Gasteiger partial charge in [0.05, 0.1) is 29.7 Å². The fourth-order valence-corrected chi connectivity index (χ4v) is 3.41. The van der Waals surface area contributed by atoms with Gasteiger partial charge in [-0.15, -0.1) is 11.3 Å². The van der Waals surface area contributed by atoms with Crippen molar-refractivity contribution in [2.75, 3.05) is 7.11 Å². The first kappa shape index (κ1) is 19.2. The highest BCUT2D eigenvalue weighted by molar-refractivity contribution is 7.10. The van der Waals surface area contributed by atoms with Gasteiger partial charge in [0.1, 0.15) is 10.8 Å². The molecule has 1 aromatic heterocycles. The summed E-state index contributed by atoms with van der Waals surface area (Å²) in [7, 11) is 1.49. The maximum Gasteiger partial charge on any atom is 0.307 e. The number of nitro groups is 1. The number of para-hydroxylation sites is 1. The highest BCUT2D eigenvalue weighted by Crippen LogP contribution is 2.29. The van der Waals surface area contributed by atoms with E-state index in [2.05, 4.69) is 4.98 Å². The number of aromatic nitrogens is 1. The summed E-state index contributed by atoms with van der Waals surface area (Å²) in [6.45, 7) is 0. The van der Waals surface area contributed by atoms with E-state index in [1.165, 1.54) is 24.5 Å². The topological polar surface area (TPSA) is 103 Å². The first-order valence-electron chi connectivity index (χ1n) is 8.24. The van der Waals surface area contributed by atoms with E-state index in [0.717, 1.165) is 5.56 Å². The minimum Gasteiger partial charge on any atom is -0.496 e. The van der Waals surface area contributed by atoms with Gasteiger partial charge in [-0.05, 0) is 36.4 Å². The number of carboxylic acids is 1. The molecule has 0 spiro atoms. The standard InChI is InChI=1S/C20H16N2O5S/c1-27-18-8-6-14(10-15(18)11-20(23)24)16-12-28-19(21-16)9-7-13-4-2-3-5-17(13)22(25)26/h2-10,12H,11H2,1H3,(H,23,24)/b9-7+. The Balaban J connectivity index is 1.87. The molecule has 0 saturated heterocycles. The summed E-state index contributed by atoms with van der Waals surface area (Å²) in [5.74, 6) is -0.431. The lowest BCUT2D eigenvalue weighted by Gasteiger charge is -2.08. The number of carboxylic acid groups (broad SMARTS) is 1. The van der Waals surface area contributed by atoms with Crippen LogP contribution in [0.3, 0.4) is 0 Å². The van der Waals surface area contributed by atoms with Crippen LogP contribution in [0.5, 0.6) is 5.75 Å². The van der Waals surface area contributed by atoms with E-state index in [1.807, 2.05) is 11.4 Å². The van der Waals surface area contributed by atoms with Gasteiger partial charge < -0.3 is 9.84 Å². The fourth-order valence-electron chi connectivity index (χ4n) is 2.69. The Morgan fingerprint density at radius 2 is 2.07 bits per heavy atom. The van der Waals surface area contributed by atoms with Gasteiger partial charge >= 0.3 is 5.97 Å². The second-order valence-electron chi connectivity index (χ2n) is 5.82. The molecule has 7 nitrogen and oxygen atoms in total. The summed E-state index contributed by atoms with van der Waals surface area (Å²) in [6.07, 6.45) is 3.23. The number of hydrogen-bond acceptors (Lipinski definition) is 6. The number of nitro benzene ring substituents is 1. The predicted octanol–water partition coefficient (Wildman–Crippen LogP) is 4.52. The van der Waals surface area contributed by atoms with Crippen molar-refractivity contribution in [3.8, 4) is 17.0 Å². The Hall–Kier alpha value is -3.52. The van der Waals surface area contributed by atoms with Crippen LogP contribution in [0, 0.1) is 10.1 Å². The van der Waals surface area contributed by atoms with E-state index in [-0.39, 0.29) is 12.1 Å². The average Bonchev–Trinajstić information content (AvgIpc) is 3.15. The van der Waals surface area contributed by atoms with Gasteiger partial charge in [0.2, 0.25) is 0 Å². The van der Waals surface area contributed by atoms with E-state index >= 15 is 0 Å². The molecule has 0 saturated carbocycles. The first-order valence-corrected chi connectivity index (χ1v) is 9.12. The minimum absolute atomic E-state index is 0.0315. The molecule has 0 bridgehead atoms. The van der Waals surface area contributed by atoms with E-state index in [9.17, 15) is 14.9 Å². The highest BCUT2D eigenvalue weighted by Gasteiger charge is 2.12. The number of aliphatic carboxylic acids is 1. The van der Waals surface area contributed by atoms with Gasteiger partial charge in [-0.3, -0.25) is 14.9 Å². The normalized spacial score (nSPS) is 10.9. The molecule has 0 radical (unpaired) electrons. The summed E-state index contributed by atoms with van der Waals surface area (Å²) < 4.78 is 5.21. The number of thiazole rings is 1. The summed E-state index contributed by atoms with van der Waals surface area (Å²) in [6, 6.07) is 11.8. The van der Waals surface area contributed by atoms with Crippen LogP contribution >= 0.6 is 11.3 Å². The zero-order chi connectivity index (χ0) is 20.1. The zero-order valence-electron chi connectivity index (χ0n) is 14.9. The Kier molecular flexibility index (Phi) is 5.81. The molecular weight excluding hydrogens is 380 g/mol. The lowest BCUT2D eigenvalue weighted by Crippen LogP contribution is -2.02. The van der Waals surface area contributed by atoms with E-state index < -0.39 is 10.9 Å². The zero-order valence-corrected chi connectivity index (χ0v) is 15.7. The molecule has 0 unspecified atom stereocenters. The molecule has 0 fully saturated rings. The largest absolute Gasteiger partial charge is 0.496 e. The Bertz CT molecular complexity index is 1060. The van der Waals surface area contributed by atoms with Crippen molar-refractivity contribution in [2.45, 2.75) is 6.42 Å². The van der Waals surface area contributed by atoms with Crippen molar-refractivity contribution in [1.82, 2.24) is 4.98 Å². The number of rotatable bonds is 7. The van der Waals surface area contributed by atoms with Crippen LogP contribution in [-0.2, 0) is 11.2 Å². The SMILES string of the molecule is COc1ccc(-c2csc(/C=C/c3ccccc3[N+](=O)[O-])n2)cc1CC(=O)O. The van der Waals surface area contributed by atoms with Crippen LogP contribution < -0.4 is 4.74 Å². The van der Waals surface area contributed by atoms with Crippen LogP contribution in [0.4, 0.5) is 5.69 Å². The summed E-state index contributed by atoms with van der Waals surface area (Å²) in [5.41, 5.74) is 2.57. The molecule has 0 atom stereocenters. The van der Waals surface area contributed by atoms with Crippen LogP contribution in [0.15, 0.2) is 47.8 Å². The molecule has 28 heavy (non-hydrogen) atoms. The lowest BCUT2D eigenvalue weighted by atomic mass is 10.1. The molecule has 1 N–H and O–H groups in total. The quantitative estimate of drug-likeness (QED) is 0.465. The molecule has 0 aliphatic rings. The van der Waals surface area contributed by atoms with Crippen molar-refractivity contribution in [1.29, 1.82) is 0 Å². The van der Waals surface area contributed by atoms with Crippen molar-refractivity contribution < 1.29 is 19.6 Å².